The third-order valence-electron chi connectivity index (χ3n) is 9.82. The van der Waals surface area contributed by atoms with Gasteiger partial charge in [0.25, 0.3) is 5.91 Å². The maximum Gasteiger partial charge on any atom is 0.254 e. The van der Waals surface area contributed by atoms with E-state index in [1.54, 1.807) is 7.11 Å². The Hall–Kier alpha value is -5.02. The maximum absolute atomic E-state index is 13.8. The Morgan fingerprint density at radius 2 is 1.81 bits per heavy atom. The van der Waals surface area contributed by atoms with Crippen LogP contribution in [-0.4, -0.2) is 60.6 Å². The van der Waals surface area contributed by atoms with E-state index in [0.717, 1.165) is 75.5 Å². The monoisotopic (exact) mass is 625 g/mol. The number of nitrogens with zero attached hydrogens (tertiary/aromatic N) is 6. The van der Waals surface area contributed by atoms with E-state index in [9.17, 15) is 4.79 Å². The molecule has 1 aliphatic carbocycles. The molecule has 2 aromatic carbocycles. The van der Waals surface area contributed by atoms with Crippen molar-refractivity contribution < 1.29 is 9.53 Å². The number of amides is 1. The Kier molecular flexibility index (Phi) is 7.28. The van der Waals surface area contributed by atoms with Gasteiger partial charge in [-0.3, -0.25) is 9.78 Å². The molecule has 1 amide bonds. The van der Waals surface area contributed by atoms with Crippen molar-refractivity contribution in [2.24, 2.45) is 18.7 Å². The fourth-order valence-corrected chi connectivity index (χ4v) is 7.05. The number of pyridine rings is 2. The number of ether oxygens (including phenoxy) is 1. The number of methoxy groups -OCH3 is 1. The van der Waals surface area contributed by atoms with Gasteiger partial charge in [0.05, 0.1) is 29.7 Å². The molecule has 6 aromatic rings. The van der Waals surface area contributed by atoms with E-state index in [2.05, 4.69) is 52.5 Å². The van der Waals surface area contributed by atoms with Crippen molar-refractivity contribution in [3.63, 3.8) is 0 Å². The molecular formula is C38H39N7O2. The van der Waals surface area contributed by atoms with Gasteiger partial charge in [0, 0.05) is 60.5 Å². The number of aromatic nitrogens is 5. The highest BCUT2D eigenvalue weighted by Gasteiger charge is 2.30. The number of rotatable bonds is 7. The SMILES string of the molecule is COc1cc(C(=O)N2C[C@H](N)CC[C@@H]2C)cc2nc(-c3cc4ccc(-c5cccnc5-c5ccccc5)nc4n3CC3CC3)n(C)c12. The number of aryl methyl sites for hydroxylation is 1. The first kappa shape index (κ1) is 29.4. The van der Waals surface area contributed by atoms with E-state index in [1.807, 2.05) is 54.5 Å². The van der Waals surface area contributed by atoms with Crippen molar-refractivity contribution in [2.75, 3.05) is 13.7 Å². The molecule has 0 radical (unpaired) electrons. The summed E-state index contributed by atoms with van der Waals surface area (Å²) in [6.45, 7) is 3.51. The van der Waals surface area contributed by atoms with Gasteiger partial charge in [0.15, 0.2) is 5.82 Å². The Morgan fingerprint density at radius 3 is 2.60 bits per heavy atom. The number of carbonyl (C=O) groups is 1. The predicted molar refractivity (Wildman–Crippen MR) is 185 cm³/mol. The number of hydrogen-bond donors (Lipinski definition) is 1. The van der Waals surface area contributed by atoms with Gasteiger partial charge >= 0.3 is 0 Å². The maximum atomic E-state index is 13.8. The van der Waals surface area contributed by atoms with E-state index >= 15 is 0 Å². The van der Waals surface area contributed by atoms with Crippen molar-refractivity contribution in [1.29, 1.82) is 0 Å². The van der Waals surface area contributed by atoms with Gasteiger partial charge in [0.2, 0.25) is 0 Å². The van der Waals surface area contributed by atoms with Crippen molar-refractivity contribution in [1.82, 2.24) is 29.0 Å². The van der Waals surface area contributed by atoms with Gasteiger partial charge in [-0.25, -0.2) is 9.97 Å². The summed E-state index contributed by atoms with van der Waals surface area (Å²) in [5, 5.41) is 1.06. The molecule has 0 unspecified atom stereocenters. The minimum absolute atomic E-state index is 0.00665. The van der Waals surface area contributed by atoms with Crippen LogP contribution in [0.1, 0.15) is 43.0 Å². The average molecular weight is 626 g/mol. The fraction of sp³-hybridized carbons (Fsp3) is 0.316. The lowest BCUT2D eigenvalue weighted by Crippen LogP contribution is -2.50. The Labute approximate surface area is 274 Å². The fourth-order valence-electron chi connectivity index (χ4n) is 7.05. The second-order valence-electron chi connectivity index (χ2n) is 13.1. The van der Waals surface area contributed by atoms with Gasteiger partial charge in [-0.05, 0) is 81.0 Å². The first-order valence-electron chi connectivity index (χ1n) is 16.5. The summed E-state index contributed by atoms with van der Waals surface area (Å²) < 4.78 is 10.3. The van der Waals surface area contributed by atoms with Crippen molar-refractivity contribution >= 4 is 28.0 Å². The highest BCUT2D eigenvalue weighted by atomic mass is 16.5. The lowest BCUT2D eigenvalue weighted by atomic mass is 9.99. The molecule has 47 heavy (non-hydrogen) atoms. The molecule has 5 heterocycles. The molecule has 1 aliphatic heterocycles. The zero-order chi connectivity index (χ0) is 32.2. The van der Waals surface area contributed by atoms with Gasteiger partial charge in [0.1, 0.15) is 16.9 Å². The summed E-state index contributed by atoms with van der Waals surface area (Å²) in [4.78, 5) is 30.8. The first-order chi connectivity index (χ1) is 22.9. The third-order valence-corrected chi connectivity index (χ3v) is 9.82. The predicted octanol–water partition coefficient (Wildman–Crippen LogP) is 6.69. The minimum atomic E-state index is -0.0371. The van der Waals surface area contributed by atoms with Crippen LogP contribution in [0.4, 0.5) is 0 Å². The second-order valence-corrected chi connectivity index (χ2v) is 13.1. The number of benzene rings is 2. The Balaban J connectivity index is 1.25. The number of piperidine rings is 1. The number of hydrogen-bond acceptors (Lipinski definition) is 6. The van der Waals surface area contributed by atoms with E-state index in [-0.39, 0.29) is 18.0 Å². The highest BCUT2D eigenvalue weighted by Crippen LogP contribution is 2.39. The topological polar surface area (TPSA) is 104 Å². The molecule has 4 aromatic heterocycles. The van der Waals surface area contributed by atoms with Crippen LogP contribution >= 0.6 is 0 Å². The number of fused-ring (bicyclic) bond motifs is 2. The summed E-state index contributed by atoms with van der Waals surface area (Å²) in [6, 6.07) is 24.6. The molecule has 9 nitrogen and oxygen atoms in total. The number of imidazole rings is 1. The van der Waals surface area contributed by atoms with Crippen molar-refractivity contribution in [2.45, 2.75) is 51.2 Å². The largest absolute Gasteiger partial charge is 0.494 e. The summed E-state index contributed by atoms with van der Waals surface area (Å²) in [5.74, 6) is 2.00. The van der Waals surface area contributed by atoms with Gasteiger partial charge in [-0.2, -0.15) is 0 Å². The number of likely N-dealkylation sites (tertiary alicyclic amines) is 1. The molecule has 0 spiro atoms. The summed E-state index contributed by atoms with van der Waals surface area (Å²) >= 11 is 0. The molecule has 1 saturated carbocycles. The zero-order valence-electron chi connectivity index (χ0n) is 27.1. The van der Waals surface area contributed by atoms with E-state index in [1.165, 1.54) is 12.8 Å². The number of carbonyl (C=O) groups excluding carboxylic acids is 1. The molecule has 2 N–H and O–H groups in total. The van der Waals surface area contributed by atoms with Crippen LogP contribution in [0, 0.1) is 5.92 Å². The highest BCUT2D eigenvalue weighted by molar-refractivity contribution is 6.00. The normalized spacial score (nSPS) is 18.3. The lowest BCUT2D eigenvalue weighted by Gasteiger charge is -2.36. The quantitative estimate of drug-likeness (QED) is 0.212. The number of nitrogens with two attached hydrogens (primary N) is 1. The van der Waals surface area contributed by atoms with Crippen LogP contribution in [-0.2, 0) is 13.6 Å². The molecule has 2 fully saturated rings. The van der Waals surface area contributed by atoms with E-state index in [0.29, 0.717) is 23.8 Å². The molecule has 2 aliphatic rings. The smallest absolute Gasteiger partial charge is 0.254 e. The van der Waals surface area contributed by atoms with Crippen molar-refractivity contribution in [3.05, 3.63) is 84.6 Å². The second kappa shape index (κ2) is 11.7. The molecule has 1 saturated heterocycles. The Bertz CT molecular complexity index is 2130. The zero-order valence-corrected chi connectivity index (χ0v) is 27.1. The standard InChI is InChI=1S/C38H39N7O2/c1-23-11-15-28(39)22-44(23)38(46)27-18-31-35(33(20-27)47-3)43(2)37(42-31)32-19-26-14-16-30(41-36(26)45(32)21-24-12-13-24)29-10-7-17-40-34(29)25-8-5-4-6-9-25/h4-10,14,16-20,23-24,28H,11-13,15,21-22,39H2,1-3H3/t23-,28+/m0/s1. The van der Waals surface area contributed by atoms with Gasteiger partial charge in [-0.1, -0.05) is 30.3 Å². The molecule has 238 valence electrons. The molecular weight excluding hydrogens is 586 g/mol. The van der Waals surface area contributed by atoms with Gasteiger partial charge < -0.3 is 24.5 Å². The first-order valence-corrected chi connectivity index (χ1v) is 16.5. The summed E-state index contributed by atoms with van der Waals surface area (Å²) in [5.41, 5.74) is 14.2. The minimum Gasteiger partial charge on any atom is -0.494 e. The molecule has 0 bridgehead atoms. The van der Waals surface area contributed by atoms with Crippen LogP contribution in [0.3, 0.4) is 0 Å². The lowest BCUT2D eigenvalue weighted by molar-refractivity contribution is 0.0612. The third kappa shape index (κ3) is 5.24. The van der Waals surface area contributed by atoms with Crippen molar-refractivity contribution in [3.8, 4) is 39.8 Å². The van der Waals surface area contributed by atoms with Crippen LogP contribution < -0.4 is 10.5 Å². The van der Waals surface area contributed by atoms with Crippen LogP contribution in [0.5, 0.6) is 5.75 Å². The van der Waals surface area contributed by atoms with Gasteiger partial charge in [-0.15, -0.1) is 0 Å². The van der Waals surface area contributed by atoms with E-state index < -0.39 is 0 Å². The summed E-state index contributed by atoms with van der Waals surface area (Å²) in [7, 11) is 3.66. The summed E-state index contributed by atoms with van der Waals surface area (Å²) in [6.07, 6.45) is 6.08. The molecule has 9 heteroatoms. The molecule has 2 atom stereocenters. The average Bonchev–Trinajstić information content (AvgIpc) is 3.78. The van der Waals surface area contributed by atoms with Crippen LogP contribution in [0.25, 0.3) is 56.1 Å². The van der Waals surface area contributed by atoms with Crippen LogP contribution in [0.15, 0.2) is 79.0 Å². The molecule has 8 rings (SSSR count). The van der Waals surface area contributed by atoms with Crippen LogP contribution in [0.2, 0.25) is 0 Å². The van der Waals surface area contributed by atoms with E-state index in [4.69, 9.17) is 25.4 Å². The Morgan fingerprint density at radius 1 is 0.979 bits per heavy atom.